The maximum atomic E-state index is 12.6. The molecule has 1 aromatic carbocycles. The number of aryl methyl sites for hydroxylation is 1. The molecule has 0 spiro atoms. The molecule has 1 fully saturated rings. The lowest BCUT2D eigenvalue weighted by atomic mass is 9.98. The molecule has 0 radical (unpaired) electrons. The minimum atomic E-state index is -0.415. The predicted octanol–water partition coefficient (Wildman–Crippen LogP) is 2.26. The largest absolute Gasteiger partial charge is 0.343 e. The lowest BCUT2D eigenvalue weighted by Gasteiger charge is -2.38. The van der Waals surface area contributed by atoms with Crippen LogP contribution in [0, 0.1) is 12.8 Å². The second-order valence-corrected chi connectivity index (χ2v) is 6.32. The number of amides is 2. The van der Waals surface area contributed by atoms with Gasteiger partial charge in [-0.05, 0) is 31.7 Å². The molecule has 2 amide bonds. The lowest BCUT2D eigenvalue weighted by Crippen LogP contribution is -2.62. The first-order valence-corrected chi connectivity index (χ1v) is 7.55. The van der Waals surface area contributed by atoms with Crippen molar-refractivity contribution in [1.29, 1.82) is 0 Å². The first-order valence-electron chi connectivity index (χ1n) is 7.55. The predicted molar refractivity (Wildman–Crippen MR) is 82.6 cm³/mol. The Morgan fingerprint density at radius 2 is 1.81 bits per heavy atom. The Balaban J connectivity index is 2.16. The molecule has 4 nitrogen and oxygen atoms in total. The zero-order valence-corrected chi connectivity index (χ0v) is 13.2. The topological polar surface area (TPSA) is 49.4 Å². The summed E-state index contributed by atoms with van der Waals surface area (Å²) >= 11 is 0. The van der Waals surface area contributed by atoms with E-state index in [1.54, 1.807) is 11.8 Å². The van der Waals surface area contributed by atoms with Crippen LogP contribution in [0.15, 0.2) is 24.3 Å². The van der Waals surface area contributed by atoms with E-state index < -0.39 is 6.04 Å². The third-order valence-corrected chi connectivity index (χ3v) is 3.93. The second-order valence-electron chi connectivity index (χ2n) is 6.32. The van der Waals surface area contributed by atoms with Crippen LogP contribution in [0.5, 0.6) is 0 Å². The number of nitrogens with one attached hydrogen (secondary N) is 1. The number of carbonyl (C=O) groups excluding carboxylic acids is 2. The maximum absolute atomic E-state index is 12.6. The van der Waals surface area contributed by atoms with Crippen LogP contribution in [0.1, 0.15) is 38.3 Å². The molecular weight excluding hydrogens is 264 g/mol. The van der Waals surface area contributed by atoms with Gasteiger partial charge in [0.25, 0.3) is 0 Å². The molecule has 1 aromatic rings. The molecule has 1 saturated heterocycles. The normalized spacial score (nSPS) is 22.6. The molecule has 0 bridgehead atoms. The monoisotopic (exact) mass is 288 g/mol. The molecule has 2 atom stereocenters. The number of carbonyl (C=O) groups is 2. The molecular formula is C17H24N2O2. The van der Waals surface area contributed by atoms with Crippen molar-refractivity contribution >= 4 is 11.8 Å². The number of hydrogen-bond donors (Lipinski definition) is 1. The van der Waals surface area contributed by atoms with E-state index in [1.807, 2.05) is 31.2 Å². The van der Waals surface area contributed by atoms with Gasteiger partial charge in [-0.2, -0.15) is 0 Å². The van der Waals surface area contributed by atoms with Crippen molar-refractivity contribution in [3.8, 4) is 0 Å². The fourth-order valence-corrected chi connectivity index (χ4v) is 2.62. The molecule has 114 valence electrons. The van der Waals surface area contributed by atoms with E-state index in [0.717, 1.165) is 5.56 Å². The van der Waals surface area contributed by atoms with Crippen LogP contribution >= 0.6 is 0 Å². The molecule has 0 aromatic heterocycles. The van der Waals surface area contributed by atoms with E-state index in [-0.39, 0.29) is 17.9 Å². The SMILES string of the molecule is Cc1ccc(CN2C(=O)C(CC(C)C)NC(=O)C2C)cc1. The van der Waals surface area contributed by atoms with E-state index >= 15 is 0 Å². The molecule has 2 unspecified atom stereocenters. The number of benzene rings is 1. The summed E-state index contributed by atoms with van der Waals surface area (Å²) in [5.74, 6) is 0.331. The summed E-state index contributed by atoms with van der Waals surface area (Å²) in [6.45, 7) is 8.42. The Hall–Kier alpha value is -1.84. The molecule has 1 aliphatic heterocycles. The van der Waals surface area contributed by atoms with Gasteiger partial charge in [0, 0.05) is 6.54 Å². The fourth-order valence-electron chi connectivity index (χ4n) is 2.62. The smallest absolute Gasteiger partial charge is 0.246 e. The van der Waals surface area contributed by atoms with E-state index in [2.05, 4.69) is 19.2 Å². The minimum Gasteiger partial charge on any atom is -0.343 e. The van der Waals surface area contributed by atoms with Crippen molar-refractivity contribution in [3.63, 3.8) is 0 Å². The Morgan fingerprint density at radius 3 is 2.38 bits per heavy atom. The number of hydrogen-bond acceptors (Lipinski definition) is 2. The number of rotatable bonds is 4. The van der Waals surface area contributed by atoms with Crippen LogP contribution in [0.2, 0.25) is 0 Å². The van der Waals surface area contributed by atoms with Gasteiger partial charge in [0.05, 0.1) is 0 Å². The molecule has 0 saturated carbocycles. The van der Waals surface area contributed by atoms with Crippen molar-refractivity contribution in [2.24, 2.45) is 5.92 Å². The Morgan fingerprint density at radius 1 is 1.19 bits per heavy atom. The van der Waals surface area contributed by atoms with E-state index in [1.165, 1.54) is 5.56 Å². The third-order valence-electron chi connectivity index (χ3n) is 3.93. The zero-order chi connectivity index (χ0) is 15.6. The highest BCUT2D eigenvalue weighted by Crippen LogP contribution is 2.18. The summed E-state index contributed by atoms with van der Waals surface area (Å²) in [5, 5.41) is 2.84. The molecule has 21 heavy (non-hydrogen) atoms. The Bertz CT molecular complexity index is 522. The van der Waals surface area contributed by atoms with Crippen LogP contribution in [0.4, 0.5) is 0 Å². The number of piperazine rings is 1. The van der Waals surface area contributed by atoms with Crippen LogP contribution in [-0.4, -0.2) is 28.8 Å². The first kappa shape index (κ1) is 15.5. The molecule has 1 N–H and O–H groups in total. The van der Waals surface area contributed by atoms with Gasteiger partial charge in [-0.15, -0.1) is 0 Å². The van der Waals surface area contributed by atoms with Crippen molar-refractivity contribution < 1.29 is 9.59 Å². The molecule has 4 heteroatoms. The van der Waals surface area contributed by atoms with E-state index in [4.69, 9.17) is 0 Å². The van der Waals surface area contributed by atoms with Gasteiger partial charge >= 0.3 is 0 Å². The van der Waals surface area contributed by atoms with Crippen LogP contribution in [0.25, 0.3) is 0 Å². The summed E-state index contributed by atoms with van der Waals surface area (Å²) in [6, 6.07) is 7.28. The van der Waals surface area contributed by atoms with Gasteiger partial charge in [0.1, 0.15) is 12.1 Å². The van der Waals surface area contributed by atoms with Crippen molar-refractivity contribution in [3.05, 3.63) is 35.4 Å². The highest BCUT2D eigenvalue weighted by atomic mass is 16.2. The van der Waals surface area contributed by atoms with Crippen molar-refractivity contribution in [2.45, 2.75) is 52.7 Å². The van der Waals surface area contributed by atoms with Crippen LogP contribution < -0.4 is 5.32 Å². The summed E-state index contributed by atoms with van der Waals surface area (Å²) in [4.78, 5) is 26.4. The highest BCUT2D eigenvalue weighted by molar-refractivity contribution is 5.96. The average Bonchev–Trinajstić information content (AvgIpc) is 2.42. The lowest BCUT2D eigenvalue weighted by molar-refractivity contribution is -0.149. The zero-order valence-electron chi connectivity index (χ0n) is 13.2. The molecule has 0 aliphatic carbocycles. The third kappa shape index (κ3) is 3.63. The minimum absolute atomic E-state index is 0.0244. The van der Waals surface area contributed by atoms with Crippen LogP contribution in [0.3, 0.4) is 0 Å². The molecule has 1 heterocycles. The Kier molecular flexibility index (Phi) is 4.66. The van der Waals surface area contributed by atoms with Gasteiger partial charge in [0.15, 0.2) is 0 Å². The maximum Gasteiger partial charge on any atom is 0.246 e. The fraction of sp³-hybridized carbons (Fsp3) is 0.529. The summed E-state index contributed by atoms with van der Waals surface area (Å²) < 4.78 is 0. The van der Waals surface area contributed by atoms with Crippen molar-refractivity contribution in [1.82, 2.24) is 10.2 Å². The van der Waals surface area contributed by atoms with Crippen molar-refractivity contribution in [2.75, 3.05) is 0 Å². The highest BCUT2D eigenvalue weighted by Gasteiger charge is 2.37. The quantitative estimate of drug-likeness (QED) is 0.924. The van der Waals surface area contributed by atoms with Crippen LogP contribution in [-0.2, 0) is 16.1 Å². The summed E-state index contributed by atoms with van der Waals surface area (Å²) in [6.07, 6.45) is 0.682. The number of nitrogens with zero attached hydrogens (tertiary/aromatic N) is 1. The van der Waals surface area contributed by atoms with Gasteiger partial charge in [-0.1, -0.05) is 43.7 Å². The second kappa shape index (κ2) is 6.29. The standard InChI is InChI=1S/C17H24N2O2/c1-11(2)9-15-17(21)19(13(4)16(20)18-15)10-14-7-5-12(3)6-8-14/h5-8,11,13,15H,9-10H2,1-4H3,(H,18,20). The molecule has 2 rings (SSSR count). The van der Waals surface area contributed by atoms with E-state index in [9.17, 15) is 9.59 Å². The van der Waals surface area contributed by atoms with Gasteiger partial charge in [-0.25, -0.2) is 0 Å². The molecule has 1 aliphatic rings. The average molecular weight is 288 g/mol. The van der Waals surface area contributed by atoms with E-state index in [0.29, 0.717) is 18.9 Å². The summed E-state index contributed by atoms with van der Waals surface area (Å²) in [7, 11) is 0. The Labute approximate surface area is 126 Å². The van der Waals surface area contributed by atoms with Gasteiger partial charge in [-0.3, -0.25) is 9.59 Å². The first-order chi connectivity index (χ1) is 9.88. The van der Waals surface area contributed by atoms with Gasteiger partial charge < -0.3 is 10.2 Å². The summed E-state index contributed by atoms with van der Waals surface area (Å²) in [5.41, 5.74) is 2.24. The van der Waals surface area contributed by atoms with Gasteiger partial charge in [0.2, 0.25) is 11.8 Å².